The van der Waals surface area contributed by atoms with Gasteiger partial charge in [0, 0.05) is 24.7 Å². The molecule has 0 heterocycles. The summed E-state index contributed by atoms with van der Waals surface area (Å²) in [4.78, 5) is 2.21. The summed E-state index contributed by atoms with van der Waals surface area (Å²) in [6.45, 7) is 11.4. The second kappa shape index (κ2) is 11.8. The van der Waals surface area contributed by atoms with Gasteiger partial charge in [0.2, 0.25) is 0 Å². The molecule has 0 fully saturated rings. The third-order valence-corrected chi connectivity index (χ3v) is 3.37. The molecule has 0 aromatic carbocycles. The smallest absolute Gasteiger partial charge is 0.0487 e. The lowest BCUT2D eigenvalue weighted by Crippen LogP contribution is -2.17. The predicted octanol–water partition coefficient (Wildman–Crippen LogP) is 5.55. The molecule has 2 heteroatoms. The minimum atomic E-state index is 0.132. The molecule has 0 aliphatic carbocycles. The first kappa shape index (κ1) is 19.1. The molecule has 114 valence electrons. The molecule has 0 aromatic heterocycles. The van der Waals surface area contributed by atoms with Gasteiger partial charge in [0.25, 0.3) is 0 Å². The number of nitrogens with zero attached hydrogens (tertiary/aromatic N) is 1. The van der Waals surface area contributed by atoms with Crippen molar-refractivity contribution in [2.45, 2.75) is 45.4 Å². The molecule has 0 aromatic rings. The van der Waals surface area contributed by atoms with Gasteiger partial charge in [0.05, 0.1) is 0 Å². The van der Waals surface area contributed by atoms with Crippen molar-refractivity contribution in [2.75, 3.05) is 13.6 Å². The fourth-order valence-electron chi connectivity index (χ4n) is 1.76. The Labute approximate surface area is 130 Å². The van der Waals surface area contributed by atoms with Gasteiger partial charge in [-0.25, -0.2) is 0 Å². The van der Waals surface area contributed by atoms with Gasteiger partial charge in [0.15, 0.2) is 0 Å². The van der Waals surface area contributed by atoms with E-state index in [9.17, 15) is 0 Å². The van der Waals surface area contributed by atoms with Crippen molar-refractivity contribution in [1.82, 2.24) is 4.90 Å². The molecule has 0 bridgehead atoms. The molecule has 0 spiro atoms. The van der Waals surface area contributed by atoms with Gasteiger partial charge in [-0.3, -0.25) is 0 Å². The highest BCUT2D eigenvalue weighted by Crippen LogP contribution is 2.16. The third kappa shape index (κ3) is 10.9. The molecule has 1 unspecified atom stereocenters. The zero-order valence-electron chi connectivity index (χ0n) is 13.5. The monoisotopic (exact) mass is 295 g/mol. The van der Waals surface area contributed by atoms with Crippen LogP contribution in [0.1, 0.15) is 40.0 Å². The Morgan fingerprint density at radius 1 is 1.25 bits per heavy atom. The van der Waals surface area contributed by atoms with Gasteiger partial charge in [-0.1, -0.05) is 50.0 Å². The molecule has 0 N–H and O–H groups in total. The number of alkyl halides is 1. The normalized spacial score (nSPS) is 15.2. The highest BCUT2D eigenvalue weighted by atomic mass is 35.5. The largest absolute Gasteiger partial charge is 0.375 e. The summed E-state index contributed by atoms with van der Waals surface area (Å²) in [6, 6.07) is 0. The van der Waals surface area contributed by atoms with E-state index in [1.807, 2.05) is 26.0 Å². The molecule has 1 nitrogen and oxygen atoms in total. The van der Waals surface area contributed by atoms with Crippen LogP contribution in [-0.4, -0.2) is 23.9 Å². The fourth-order valence-corrected chi connectivity index (χ4v) is 1.86. The Hall–Kier alpha value is -0.950. The van der Waals surface area contributed by atoms with E-state index in [-0.39, 0.29) is 5.38 Å². The van der Waals surface area contributed by atoms with E-state index in [0.717, 1.165) is 19.4 Å². The Morgan fingerprint density at radius 2 is 1.95 bits per heavy atom. The zero-order valence-corrected chi connectivity index (χ0v) is 14.2. The van der Waals surface area contributed by atoms with Gasteiger partial charge in [-0.15, -0.1) is 11.6 Å². The summed E-state index contributed by atoms with van der Waals surface area (Å²) >= 11 is 5.88. The van der Waals surface area contributed by atoms with Crippen molar-refractivity contribution >= 4 is 11.6 Å². The quantitative estimate of drug-likeness (QED) is 0.290. The van der Waals surface area contributed by atoms with Gasteiger partial charge in [0.1, 0.15) is 0 Å². The average molecular weight is 296 g/mol. The minimum Gasteiger partial charge on any atom is -0.375 e. The van der Waals surface area contributed by atoms with Crippen LogP contribution in [-0.2, 0) is 0 Å². The summed E-state index contributed by atoms with van der Waals surface area (Å²) in [6.07, 6.45) is 15.9. The molecule has 0 aliphatic heterocycles. The van der Waals surface area contributed by atoms with Crippen LogP contribution in [0.2, 0.25) is 0 Å². The highest BCUT2D eigenvalue weighted by molar-refractivity contribution is 6.21. The molecular formula is C18H30ClN. The Morgan fingerprint density at radius 3 is 2.55 bits per heavy atom. The number of likely N-dealkylation sites (N-methyl/N-ethyl adjacent to an activating group) is 1. The maximum Gasteiger partial charge on any atom is 0.0487 e. The van der Waals surface area contributed by atoms with E-state index in [4.69, 9.17) is 11.6 Å². The van der Waals surface area contributed by atoms with Gasteiger partial charge in [-0.2, -0.15) is 0 Å². The molecule has 0 aliphatic rings. The summed E-state index contributed by atoms with van der Waals surface area (Å²) < 4.78 is 0. The van der Waals surface area contributed by atoms with E-state index in [1.165, 1.54) is 12.1 Å². The van der Waals surface area contributed by atoms with Crippen molar-refractivity contribution in [3.8, 4) is 0 Å². The van der Waals surface area contributed by atoms with E-state index in [0.29, 0.717) is 5.92 Å². The van der Waals surface area contributed by atoms with E-state index in [1.54, 1.807) is 0 Å². The van der Waals surface area contributed by atoms with Crippen LogP contribution >= 0.6 is 11.6 Å². The fraction of sp³-hybridized carbons (Fsp3) is 0.556. The van der Waals surface area contributed by atoms with Crippen LogP contribution in [0.3, 0.4) is 0 Å². The maximum atomic E-state index is 5.88. The Bertz CT molecular complexity index is 339. The first-order chi connectivity index (χ1) is 9.47. The maximum absolute atomic E-state index is 5.88. The van der Waals surface area contributed by atoms with E-state index in [2.05, 4.69) is 49.8 Å². The number of hydrogen-bond acceptors (Lipinski definition) is 1. The van der Waals surface area contributed by atoms with Crippen LogP contribution in [0.4, 0.5) is 0 Å². The van der Waals surface area contributed by atoms with Crippen molar-refractivity contribution in [3.05, 3.63) is 48.7 Å². The lowest BCUT2D eigenvalue weighted by molar-refractivity contribution is 0.420. The van der Waals surface area contributed by atoms with E-state index < -0.39 is 0 Å². The van der Waals surface area contributed by atoms with Crippen LogP contribution < -0.4 is 0 Å². The van der Waals surface area contributed by atoms with Crippen LogP contribution in [0.15, 0.2) is 48.7 Å². The molecule has 0 amide bonds. The lowest BCUT2D eigenvalue weighted by Gasteiger charge is -2.21. The number of allylic oxidation sites excluding steroid dienone is 6. The predicted molar refractivity (Wildman–Crippen MR) is 93.2 cm³/mol. The van der Waals surface area contributed by atoms with Crippen LogP contribution in [0.5, 0.6) is 0 Å². The average Bonchev–Trinajstić information content (AvgIpc) is 2.40. The van der Waals surface area contributed by atoms with Crippen molar-refractivity contribution in [2.24, 2.45) is 5.92 Å². The van der Waals surface area contributed by atoms with Gasteiger partial charge < -0.3 is 4.90 Å². The molecule has 20 heavy (non-hydrogen) atoms. The topological polar surface area (TPSA) is 3.24 Å². The lowest BCUT2D eigenvalue weighted by atomic mass is 10.00. The second-order valence-electron chi connectivity index (χ2n) is 5.39. The first-order valence-electron chi connectivity index (χ1n) is 7.44. The summed E-state index contributed by atoms with van der Waals surface area (Å²) in [5.41, 5.74) is 1.21. The number of halogens is 1. The number of hydrogen-bond donors (Lipinski definition) is 0. The van der Waals surface area contributed by atoms with Crippen LogP contribution in [0.25, 0.3) is 0 Å². The third-order valence-electron chi connectivity index (χ3n) is 3.22. The SMILES string of the molecule is C=C(CCC(C)C/C=C\[C@H](C)Cl)N(C)C/C=C\C=C/C. The summed E-state index contributed by atoms with van der Waals surface area (Å²) in [7, 11) is 2.10. The summed E-state index contributed by atoms with van der Waals surface area (Å²) in [5, 5.41) is 0.132. The van der Waals surface area contributed by atoms with Crippen molar-refractivity contribution in [3.63, 3.8) is 0 Å². The first-order valence-corrected chi connectivity index (χ1v) is 7.88. The van der Waals surface area contributed by atoms with E-state index >= 15 is 0 Å². The van der Waals surface area contributed by atoms with Gasteiger partial charge >= 0.3 is 0 Å². The number of rotatable bonds is 10. The van der Waals surface area contributed by atoms with Crippen molar-refractivity contribution < 1.29 is 0 Å². The molecule has 0 rings (SSSR count). The minimum absolute atomic E-state index is 0.132. The Kier molecular flexibility index (Phi) is 11.3. The Balaban J connectivity index is 3.90. The standard InChI is InChI=1S/C18H30ClN/c1-6-7-8-9-15-20(5)18(4)14-13-16(2)11-10-12-17(3)19/h6-10,12,16-17H,4,11,13-15H2,1-3,5H3/b7-6-,9-8-,12-10-/t16?,17-/m0/s1. The highest BCUT2D eigenvalue weighted by Gasteiger charge is 2.04. The zero-order chi connectivity index (χ0) is 15.4. The molecule has 0 saturated carbocycles. The molecule has 2 atom stereocenters. The molecule has 0 saturated heterocycles. The molecular weight excluding hydrogens is 266 g/mol. The second-order valence-corrected chi connectivity index (χ2v) is 6.07. The van der Waals surface area contributed by atoms with Crippen molar-refractivity contribution in [1.29, 1.82) is 0 Å². The summed E-state index contributed by atoms with van der Waals surface area (Å²) in [5.74, 6) is 0.672. The van der Waals surface area contributed by atoms with Gasteiger partial charge in [-0.05, 0) is 39.0 Å². The van der Waals surface area contributed by atoms with Crippen LogP contribution in [0, 0.1) is 5.92 Å². The molecule has 0 radical (unpaired) electrons.